The summed E-state index contributed by atoms with van der Waals surface area (Å²) in [4.78, 5) is 45.3. The van der Waals surface area contributed by atoms with Crippen LogP contribution in [0.2, 0.25) is 0 Å². The average molecular weight is 464 g/mol. The van der Waals surface area contributed by atoms with Gasteiger partial charge in [0.15, 0.2) is 0 Å². The van der Waals surface area contributed by atoms with Gasteiger partial charge < -0.3 is 19.5 Å². The number of aromatic nitrogens is 2. The molecule has 0 saturated heterocycles. The molecule has 2 heterocycles. The van der Waals surface area contributed by atoms with Gasteiger partial charge in [0.2, 0.25) is 0 Å². The maximum Gasteiger partial charge on any atom is 0.408 e. The molecule has 10 heteroatoms. The molecule has 0 aliphatic rings. The zero-order chi connectivity index (χ0) is 24.1. The lowest BCUT2D eigenvalue weighted by molar-refractivity contribution is -0.157. The van der Waals surface area contributed by atoms with Gasteiger partial charge in [0.05, 0.1) is 29.1 Å². The van der Waals surface area contributed by atoms with Gasteiger partial charge in [0, 0.05) is 18.0 Å². The summed E-state index contributed by atoms with van der Waals surface area (Å²) in [6.45, 7) is 10.5. The molecule has 0 unspecified atom stereocenters. The predicted molar refractivity (Wildman–Crippen MR) is 119 cm³/mol. The van der Waals surface area contributed by atoms with E-state index in [1.165, 1.54) is 24.6 Å². The average Bonchev–Trinajstić information content (AvgIpc) is 3.12. The number of nitrogens with zero attached hydrogens (tertiary/aromatic N) is 2. The van der Waals surface area contributed by atoms with Gasteiger partial charge in [-0.2, -0.15) is 0 Å². The summed E-state index contributed by atoms with van der Waals surface area (Å²) in [6.07, 6.45) is 0.817. The van der Waals surface area contributed by atoms with Crippen LogP contribution in [0.15, 0.2) is 23.7 Å². The van der Waals surface area contributed by atoms with Crippen molar-refractivity contribution in [3.8, 4) is 11.4 Å². The Morgan fingerprint density at radius 1 is 1.03 bits per heavy atom. The fourth-order valence-corrected chi connectivity index (χ4v) is 3.33. The highest BCUT2D eigenvalue weighted by molar-refractivity contribution is 7.10. The molecule has 174 valence electrons. The number of esters is 2. The second-order valence-corrected chi connectivity index (χ2v) is 9.93. The van der Waals surface area contributed by atoms with Crippen molar-refractivity contribution >= 4 is 29.4 Å². The van der Waals surface area contributed by atoms with Crippen molar-refractivity contribution < 1.29 is 28.6 Å². The summed E-state index contributed by atoms with van der Waals surface area (Å²) in [5.41, 5.74) is 0.0532. The Labute approximate surface area is 191 Å². The van der Waals surface area contributed by atoms with Gasteiger partial charge in [-0.15, -0.1) is 11.3 Å². The third kappa shape index (κ3) is 7.92. The third-order valence-corrected chi connectivity index (χ3v) is 4.63. The molecule has 1 atom stereocenters. The molecule has 0 bridgehead atoms. The van der Waals surface area contributed by atoms with E-state index in [-0.39, 0.29) is 6.42 Å². The first-order valence-corrected chi connectivity index (χ1v) is 10.9. The summed E-state index contributed by atoms with van der Waals surface area (Å²) in [6, 6.07) is 2.29. The number of hydrogen-bond donors (Lipinski definition) is 1. The van der Waals surface area contributed by atoms with E-state index in [2.05, 4.69) is 20.0 Å². The van der Waals surface area contributed by atoms with Crippen LogP contribution in [0.25, 0.3) is 11.4 Å². The lowest BCUT2D eigenvalue weighted by Crippen LogP contribution is -2.47. The zero-order valence-electron chi connectivity index (χ0n) is 19.3. The molecule has 0 aromatic carbocycles. The molecular formula is C22H29N3O6S. The minimum absolute atomic E-state index is 0.124. The van der Waals surface area contributed by atoms with Crippen LogP contribution < -0.4 is 5.32 Å². The van der Waals surface area contributed by atoms with Gasteiger partial charge >= 0.3 is 18.0 Å². The van der Waals surface area contributed by atoms with Gasteiger partial charge in [0.1, 0.15) is 17.2 Å². The Kier molecular flexibility index (Phi) is 7.95. The van der Waals surface area contributed by atoms with E-state index in [1.807, 2.05) is 0 Å². The summed E-state index contributed by atoms with van der Waals surface area (Å²) < 4.78 is 15.4. The highest BCUT2D eigenvalue weighted by Gasteiger charge is 2.30. The molecule has 0 aliphatic carbocycles. The number of hydrogen-bond acceptors (Lipinski definition) is 9. The number of ether oxygens (including phenoxy) is 3. The molecular weight excluding hydrogens is 434 g/mol. The van der Waals surface area contributed by atoms with Crippen molar-refractivity contribution in [3.63, 3.8) is 0 Å². The maximum absolute atomic E-state index is 12.7. The fourth-order valence-electron chi connectivity index (χ4n) is 2.50. The molecule has 9 nitrogen and oxygen atoms in total. The van der Waals surface area contributed by atoms with Gasteiger partial charge in [-0.1, -0.05) is 0 Å². The number of thiazole rings is 1. The zero-order valence-corrected chi connectivity index (χ0v) is 20.2. The SMILES string of the molecule is COC(=O)c1ccc(-c2csc(C[C@H](NC(=O)OC(C)(C)C)C(=O)OC(C)(C)C)n2)nc1. The van der Waals surface area contributed by atoms with Crippen molar-refractivity contribution in [2.24, 2.45) is 0 Å². The van der Waals surface area contributed by atoms with Crippen molar-refractivity contribution in [3.05, 3.63) is 34.3 Å². The van der Waals surface area contributed by atoms with E-state index >= 15 is 0 Å². The smallest absolute Gasteiger partial charge is 0.408 e. The Balaban J connectivity index is 2.18. The molecule has 0 spiro atoms. The van der Waals surface area contributed by atoms with Crippen LogP contribution in [-0.2, 0) is 25.4 Å². The first-order chi connectivity index (χ1) is 14.8. The van der Waals surface area contributed by atoms with E-state index in [4.69, 9.17) is 9.47 Å². The summed E-state index contributed by atoms with van der Waals surface area (Å²) >= 11 is 1.32. The molecule has 2 aromatic rings. The van der Waals surface area contributed by atoms with Crippen molar-refractivity contribution in [2.45, 2.75) is 65.2 Å². The number of carbonyl (C=O) groups is 3. The Morgan fingerprint density at radius 3 is 2.22 bits per heavy atom. The number of methoxy groups -OCH3 is 1. The predicted octanol–water partition coefficient (Wildman–Crippen LogP) is 3.77. The maximum atomic E-state index is 12.7. The van der Waals surface area contributed by atoms with Gasteiger partial charge in [-0.3, -0.25) is 4.98 Å². The minimum Gasteiger partial charge on any atom is -0.465 e. The lowest BCUT2D eigenvalue weighted by atomic mass is 10.1. The first kappa shape index (κ1) is 25.3. The Morgan fingerprint density at radius 2 is 1.69 bits per heavy atom. The molecule has 2 aromatic heterocycles. The van der Waals surface area contributed by atoms with E-state index in [0.717, 1.165) is 0 Å². The quantitative estimate of drug-likeness (QED) is 0.508. The molecule has 0 fully saturated rings. The number of pyridine rings is 1. The molecule has 1 amide bonds. The van der Waals surface area contributed by atoms with Crippen LogP contribution in [0.5, 0.6) is 0 Å². The second kappa shape index (κ2) is 10.1. The molecule has 2 rings (SSSR count). The van der Waals surface area contributed by atoms with Crippen LogP contribution in [-0.4, -0.2) is 52.4 Å². The number of rotatable bonds is 6. The van der Waals surface area contributed by atoms with Crippen molar-refractivity contribution in [1.29, 1.82) is 0 Å². The highest BCUT2D eigenvalue weighted by Crippen LogP contribution is 2.22. The van der Waals surface area contributed by atoms with Crippen LogP contribution in [0.1, 0.15) is 56.9 Å². The molecule has 32 heavy (non-hydrogen) atoms. The van der Waals surface area contributed by atoms with Crippen LogP contribution in [0.3, 0.4) is 0 Å². The second-order valence-electron chi connectivity index (χ2n) is 8.99. The normalized spacial score (nSPS) is 12.6. The Bertz CT molecular complexity index is 957. The Hall–Kier alpha value is -3.01. The number of alkyl carbamates (subject to hydrolysis) is 1. The van der Waals surface area contributed by atoms with Crippen LogP contribution >= 0.6 is 11.3 Å². The summed E-state index contributed by atoms with van der Waals surface area (Å²) in [5.74, 6) is -1.06. The molecule has 1 N–H and O–H groups in total. The summed E-state index contributed by atoms with van der Waals surface area (Å²) in [5, 5.41) is 4.97. The van der Waals surface area contributed by atoms with Gasteiger partial charge in [-0.25, -0.2) is 19.4 Å². The monoisotopic (exact) mass is 463 g/mol. The molecule has 0 saturated carbocycles. The standard InChI is InChI=1S/C22H29N3O6S/c1-21(2,3)30-19(27)15(25-20(28)31-22(4,5)6)10-17-24-16(12-32-17)14-9-8-13(11-23-14)18(26)29-7/h8-9,11-12,15H,10H2,1-7H3,(H,25,28)/t15-/m0/s1. The van der Waals surface area contributed by atoms with E-state index in [9.17, 15) is 14.4 Å². The van der Waals surface area contributed by atoms with Gasteiger partial charge in [-0.05, 0) is 53.7 Å². The first-order valence-electron chi connectivity index (χ1n) is 9.99. The fraction of sp³-hybridized carbons (Fsp3) is 0.500. The van der Waals surface area contributed by atoms with Crippen molar-refractivity contribution in [1.82, 2.24) is 15.3 Å². The highest BCUT2D eigenvalue weighted by atomic mass is 32.1. The van der Waals surface area contributed by atoms with Gasteiger partial charge in [0.25, 0.3) is 0 Å². The third-order valence-electron chi connectivity index (χ3n) is 3.76. The lowest BCUT2D eigenvalue weighted by Gasteiger charge is -2.26. The van der Waals surface area contributed by atoms with Crippen LogP contribution in [0, 0.1) is 0 Å². The van der Waals surface area contributed by atoms with E-state index < -0.39 is 35.3 Å². The van der Waals surface area contributed by atoms with E-state index in [1.54, 1.807) is 59.1 Å². The number of amides is 1. The van der Waals surface area contributed by atoms with Crippen molar-refractivity contribution in [2.75, 3.05) is 7.11 Å². The summed E-state index contributed by atoms with van der Waals surface area (Å²) in [7, 11) is 1.30. The van der Waals surface area contributed by atoms with Crippen LogP contribution in [0.4, 0.5) is 4.79 Å². The number of carbonyl (C=O) groups excluding carboxylic acids is 3. The largest absolute Gasteiger partial charge is 0.465 e. The number of nitrogens with one attached hydrogen (secondary N) is 1. The molecule has 0 aliphatic heterocycles. The van der Waals surface area contributed by atoms with E-state index in [0.29, 0.717) is 22.0 Å². The molecule has 0 radical (unpaired) electrons. The minimum atomic E-state index is -0.974. The topological polar surface area (TPSA) is 117 Å².